The molecule has 1 heterocycles. The van der Waals surface area contributed by atoms with E-state index in [1.54, 1.807) is 32.4 Å². The molecule has 8 heteroatoms. The number of carbonyl (C=O) groups is 1. The summed E-state index contributed by atoms with van der Waals surface area (Å²) >= 11 is 5.93. The molecule has 0 fully saturated rings. The number of aromatic nitrogens is 2. The summed E-state index contributed by atoms with van der Waals surface area (Å²) in [5, 5.41) is 3.68. The Morgan fingerprint density at radius 1 is 0.972 bits per heavy atom. The van der Waals surface area contributed by atoms with Gasteiger partial charge in [-0.25, -0.2) is 4.98 Å². The van der Waals surface area contributed by atoms with E-state index in [0.29, 0.717) is 41.7 Å². The van der Waals surface area contributed by atoms with E-state index in [1.807, 2.05) is 42.5 Å². The van der Waals surface area contributed by atoms with Gasteiger partial charge in [0.15, 0.2) is 11.5 Å². The van der Waals surface area contributed by atoms with E-state index in [1.165, 1.54) is 0 Å². The average molecular weight is 508 g/mol. The fraction of sp³-hybridized carbons (Fsp3) is 0.286. The third-order valence-corrected chi connectivity index (χ3v) is 6.12. The number of benzene rings is 3. The molecule has 1 aromatic heterocycles. The van der Waals surface area contributed by atoms with E-state index in [9.17, 15) is 4.79 Å². The lowest BCUT2D eigenvalue weighted by Gasteiger charge is -2.12. The molecule has 4 rings (SSSR count). The summed E-state index contributed by atoms with van der Waals surface area (Å²) in [5.74, 6) is 2.70. The Morgan fingerprint density at radius 3 is 2.53 bits per heavy atom. The molecule has 0 saturated heterocycles. The first-order valence-corrected chi connectivity index (χ1v) is 12.3. The maximum Gasteiger partial charge on any atom is 0.251 e. The number of hydrogen-bond donors (Lipinski definition) is 1. The van der Waals surface area contributed by atoms with Crippen molar-refractivity contribution in [1.82, 2.24) is 14.9 Å². The molecule has 0 aliphatic carbocycles. The van der Waals surface area contributed by atoms with Crippen molar-refractivity contribution in [2.75, 3.05) is 27.4 Å². The van der Waals surface area contributed by atoms with Crippen molar-refractivity contribution in [1.29, 1.82) is 0 Å². The van der Waals surface area contributed by atoms with Crippen LogP contribution in [0.25, 0.3) is 11.0 Å². The molecular formula is C28H30ClN3O4. The Labute approximate surface area is 216 Å². The topological polar surface area (TPSA) is 74.6 Å². The molecule has 7 nitrogen and oxygen atoms in total. The summed E-state index contributed by atoms with van der Waals surface area (Å²) in [5.41, 5.74) is 2.57. The zero-order chi connectivity index (χ0) is 25.3. The van der Waals surface area contributed by atoms with Gasteiger partial charge in [-0.2, -0.15) is 0 Å². The Morgan fingerprint density at radius 2 is 1.75 bits per heavy atom. The minimum Gasteiger partial charge on any atom is -0.494 e. The Hall–Kier alpha value is -3.71. The number of hydrogen-bond acceptors (Lipinski definition) is 5. The van der Waals surface area contributed by atoms with Crippen LogP contribution in [0, 0.1) is 0 Å². The van der Waals surface area contributed by atoms with Gasteiger partial charge in [-0.1, -0.05) is 23.7 Å². The van der Waals surface area contributed by atoms with Crippen LogP contribution in [0.1, 0.15) is 29.0 Å². The first-order valence-electron chi connectivity index (χ1n) is 11.9. The van der Waals surface area contributed by atoms with E-state index >= 15 is 0 Å². The first-order chi connectivity index (χ1) is 17.6. The normalized spacial score (nSPS) is 10.9. The van der Waals surface area contributed by atoms with Gasteiger partial charge >= 0.3 is 0 Å². The maximum atomic E-state index is 12.7. The highest BCUT2D eigenvalue weighted by molar-refractivity contribution is 6.30. The van der Waals surface area contributed by atoms with Crippen molar-refractivity contribution in [2.45, 2.75) is 25.8 Å². The highest BCUT2D eigenvalue weighted by Gasteiger charge is 2.13. The zero-order valence-corrected chi connectivity index (χ0v) is 21.3. The van der Waals surface area contributed by atoms with Gasteiger partial charge in [0.25, 0.3) is 5.91 Å². The molecule has 4 aromatic rings. The summed E-state index contributed by atoms with van der Waals surface area (Å²) in [4.78, 5) is 17.5. The quantitative estimate of drug-likeness (QED) is 0.255. The van der Waals surface area contributed by atoms with Crippen LogP contribution in [0.4, 0.5) is 0 Å². The summed E-state index contributed by atoms with van der Waals surface area (Å²) in [6.45, 7) is 1.92. The molecule has 0 aliphatic rings. The highest BCUT2D eigenvalue weighted by Crippen LogP contribution is 2.27. The van der Waals surface area contributed by atoms with Crippen LogP contribution in [0.2, 0.25) is 5.02 Å². The highest BCUT2D eigenvalue weighted by atomic mass is 35.5. The van der Waals surface area contributed by atoms with E-state index in [4.69, 9.17) is 30.8 Å². The zero-order valence-electron chi connectivity index (χ0n) is 20.5. The third kappa shape index (κ3) is 6.29. The van der Waals surface area contributed by atoms with E-state index in [0.717, 1.165) is 42.0 Å². The third-order valence-electron chi connectivity index (χ3n) is 5.87. The van der Waals surface area contributed by atoms with Gasteiger partial charge in [-0.3, -0.25) is 4.79 Å². The van der Waals surface area contributed by atoms with Crippen molar-refractivity contribution in [3.63, 3.8) is 0 Å². The number of imidazole rings is 1. The number of ether oxygens (including phenoxy) is 3. The van der Waals surface area contributed by atoms with Crippen LogP contribution in [-0.4, -0.2) is 42.8 Å². The number of amides is 1. The predicted octanol–water partition coefficient (Wildman–Crippen LogP) is 5.54. The molecule has 0 atom stereocenters. The van der Waals surface area contributed by atoms with Gasteiger partial charge in [0, 0.05) is 30.1 Å². The number of fused-ring (bicyclic) bond motifs is 1. The summed E-state index contributed by atoms with van der Waals surface area (Å²) < 4.78 is 18.6. The fourth-order valence-electron chi connectivity index (χ4n) is 4.03. The van der Waals surface area contributed by atoms with E-state index in [2.05, 4.69) is 16.0 Å². The summed E-state index contributed by atoms with van der Waals surface area (Å²) in [6.07, 6.45) is 2.47. The standard InChI is InChI=1S/C28H30ClN3O4/c1-34-25-14-9-20(19-26(25)35-2)28(33)30-16-15-27-31-23-7-3-4-8-24(23)32(27)17-5-6-18-36-22-12-10-21(29)11-13-22/h3-4,7-14,19H,5-6,15-18H2,1-2H3,(H,30,33). The number of nitrogens with zero attached hydrogens (tertiary/aromatic N) is 2. The number of nitrogens with one attached hydrogen (secondary N) is 1. The SMILES string of the molecule is COc1ccc(C(=O)NCCc2nc3ccccc3n2CCCCOc2ccc(Cl)cc2)cc1OC. The predicted molar refractivity (Wildman–Crippen MR) is 141 cm³/mol. The largest absolute Gasteiger partial charge is 0.494 e. The molecule has 1 amide bonds. The van der Waals surface area contributed by atoms with Crippen molar-refractivity contribution >= 4 is 28.5 Å². The summed E-state index contributed by atoms with van der Waals surface area (Å²) in [7, 11) is 3.12. The second kappa shape index (κ2) is 12.3. The van der Waals surface area contributed by atoms with Gasteiger partial charge in [-0.05, 0) is 67.4 Å². The second-order valence-corrected chi connectivity index (χ2v) is 8.69. The molecule has 0 aliphatic heterocycles. The Bertz CT molecular complexity index is 1300. The molecule has 3 aromatic carbocycles. The smallest absolute Gasteiger partial charge is 0.251 e. The van der Waals surface area contributed by atoms with Gasteiger partial charge in [0.05, 0.1) is 31.9 Å². The van der Waals surface area contributed by atoms with Gasteiger partial charge in [0.2, 0.25) is 0 Å². The number of unbranched alkanes of at least 4 members (excludes halogenated alkanes) is 1. The number of methoxy groups -OCH3 is 2. The van der Waals surface area contributed by atoms with Crippen LogP contribution in [0.5, 0.6) is 17.2 Å². The van der Waals surface area contributed by atoms with Crippen LogP contribution in [0.15, 0.2) is 66.7 Å². The molecule has 1 N–H and O–H groups in total. The van der Waals surface area contributed by atoms with Crippen LogP contribution in [-0.2, 0) is 13.0 Å². The molecule has 36 heavy (non-hydrogen) atoms. The molecule has 188 valence electrons. The van der Waals surface area contributed by atoms with E-state index in [-0.39, 0.29) is 5.91 Å². The fourth-order valence-corrected chi connectivity index (χ4v) is 4.15. The number of halogens is 1. The molecule has 0 saturated carbocycles. The van der Waals surface area contributed by atoms with Crippen LogP contribution < -0.4 is 19.5 Å². The van der Waals surface area contributed by atoms with Crippen LogP contribution in [0.3, 0.4) is 0 Å². The second-order valence-electron chi connectivity index (χ2n) is 8.25. The lowest BCUT2D eigenvalue weighted by atomic mass is 10.2. The Balaban J connectivity index is 1.34. The lowest BCUT2D eigenvalue weighted by molar-refractivity contribution is 0.0953. The number of aryl methyl sites for hydroxylation is 1. The summed E-state index contributed by atoms with van der Waals surface area (Å²) in [6, 6.07) is 20.6. The maximum absolute atomic E-state index is 12.7. The number of para-hydroxylation sites is 2. The van der Waals surface area contributed by atoms with Gasteiger partial charge < -0.3 is 24.1 Å². The van der Waals surface area contributed by atoms with E-state index < -0.39 is 0 Å². The van der Waals surface area contributed by atoms with Crippen molar-refractivity contribution in [2.24, 2.45) is 0 Å². The minimum absolute atomic E-state index is 0.169. The molecular weight excluding hydrogens is 478 g/mol. The van der Waals surface area contributed by atoms with Gasteiger partial charge in [-0.15, -0.1) is 0 Å². The number of rotatable bonds is 12. The van der Waals surface area contributed by atoms with Gasteiger partial charge in [0.1, 0.15) is 11.6 Å². The minimum atomic E-state index is -0.169. The monoisotopic (exact) mass is 507 g/mol. The van der Waals surface area contributed by atoms with Crippen molar-refractivity contribution in [3.05, 3.63) is 83.1 Å². The van der Waals surface area contributed by atoms with Crippen molar-refractivity contribution in [3.8, 4) is 17.2 Å². The van der Waals surface area contributed by atoms with Crippen molar-refractivity contribution < 1.29 is 19.0 Å². The molecule has 0 unspecified atom stereocenters. The number of carbonyl (C=O) groups excluding carboxylic acids is 1. The van der Waals surface area contributed by atoms with Crippen LogP contribution >= 0.6 is 11.6 Å². The average Bonchev–Trinajstić information content (AvgIpc) is 3.26. The Kier molecular flexibility index (Phi) is 8.68. The lowest BCUT2D eigenvalue weighted by Crippen LogP contribution is -2.26. The molecule has 0 radical (unpaired) electrons. The molecule has 0 bridgehead atoms. The molecule has 0 spiro atoms. The first kappa shape index (κ1) is 25.4.